The van der Waals surface area contributed by atoms with Gasteiger partial charge in [0, 0.05) is 12.7 Å². The van der Waals surface area contributed by atoms with Crippen LogP contribution in [0.1, 0.15) is 22.2 Å². The van der Waals surface area contributed by atoms with Gasteiger partial charge in [-0.1, -0.05) is 40.9 Å². The van der Waals surface area contributed by atoms with Gasteiger partial charge in [0.1, 0.15) is 11.8 Å². The molecule has 0 N–H and O–H groups in total. The summed E-state index contributed by atoms with van der Waals surface area (Å²) in [5.74, 6) is -0.143. The molecule has 1 amide bonds. The first-order valence-corrected chi connectivity index (χ1v) is 8.15. The Balaban J connectivity index is 1.76. The van der Waals surface area contributed by atoms with E-state index in [1.807, 2.05) is 6.07 Å². The van der Waals surface area contributed by atoms with E-state index in [1.54, 1.807) is 29.2 Å². The molecular formula is C16H13Cl3N2O2. The fraction of sp³-hybridized carbons (Fsp3) is 0.250. The Hall–Kier alpha value is -1.33. The number of morpholine rings is 1. The highest BCUT2D eigenvalue weighted by molar-refractivity contribution is 6.42. The zero-order valence-corrected chi connectivity index (χ0v) is 14.3. The fourth-order valence-electron chi connectivity index (χ4n) is 2.41. The van der Waals surface area contributed by atoms with Crippen molar-refractivity contribution in [2.24, 2.45) is 0 Å². The Kier molecular flexibility index (Phi) is 5.07. The van der Waals surface area contributed by atoms with Crippen molar-refractivity contribution in [3.8, 4) is 0 Å². The molecule has 2 aromatic rings. The zero-order chi connectivity index (χ0) is 16.4. The van der Waals surface area contributed by atoms with E-state index in [1.165, 1.54) is 6.20 Å². The second kappa shape index (κ2) is 7.05. The predicted molar refractivity (Wildman–Crippen MR) is 90.3 cm³/mol. The van der Waals surface area contributed by atoms with E-state index in [-0.39, 0.29) is 12.0 Å². The lowest BCUT2D eigenvalue weighted by Crippen LogP contribution is -2.42. The lowest BCUT2D eigenvalue weighted by molar-refractivity contribution is -0.0230. The average Bonchev–Trinajstić information content (AvgIpc) is 2.57. The lowest BCUT2D eigenvalue weighted by Gasteiger charge is -2.33. The molecule has 1 aliphatic rings. The molecule has 1 aromatic heterocycles. The van der Waals surface area contributed by atoms with E-state index in [4.69, 9.17) is 39.5 Å². The third-order valence-electron chi connectivity index (χ3n) is 3.62. The summed E-state index contributed by atoms with van der Waals surface area (Å²) in [6, 6.07) is 8.62. The summed E-state index contributed by atoms with van der Waals surface area (Å²) in [5, 5.41) is 1.46. The summed E-state index contributed by atoms with van der Waals surface area (Å²) < 4.78 is 5.76. The zero-order valence-electron chi connectivity index (χ0n) is 12.0. The third kappa shape index (κ3) is 3.78. The highest BCUT2D eigenvalue weighted by Gasteiger charge is 2.27. The number of nitrogens with zero attached hydrogens (tertiary/aromatic N) is 2. The van der Waals surface area contributed by atoms with Crippen molar-refractivity contribution in [2.75, 3.05) is 19.7 Å². The molecule has 0 aliphatic carbocycles. The minimum Gasteiger partial charge on any atom is -0.370 e. The molecule has 1 fully saturated rings. The Morgan fingerprint density at radius 2 is 2.00 bits per heavy atom. The van der Waals surface area contributed by atoms with Gasteiger partial charge < -0.3 is 9.64 Å². The quantitative estimate of drug-likeness (QED) is 0.792. The molecule has 0 unspecified atom stereocenters. The van der Waals surface area contributed by atoms with E-state index in [0.29, 0.717) is 40.5 Å². The normalized spacial score (nSPS) is 18.0. The van der Waals surface area contributed by atoms with Crippen LogP contribution in [0.3, 0.4) is 0 Å². The van der Waals surface area contributed by atoms with Crippen LogP contribution in [-0.2, 0) is 4.74 Å². The Morgan fingerprint density at radius 1 is 1.17 bits per heavy atom. The summed E-state index contributed by atoms with van der Waals surface area (Å²) >= 11 is 17.8. The minimum absolute atomic E-state index is 0.143. The van der Waals surface area contributed by atoms with E-state index < -0.39 is 0 Å². The molecule has 1 saturated heterocycles. The number of pyridine rings is 1. The lowest BCUT2D eigenvalue weighted by atomic mass is 10.1. The first kappa shape index (κ1) is 16.5. The van der Waals surface area contributed by atoms with Gasteiger partial charge >= 0.3 is 0 Å². The van der Waals surface area contributed by atoms with Gasteiger partial charge in [0.05, 0.1) is 28.2 Å². The summed E-state index contributed by atoms with van der Waals surface area (Å²) in [6.45, 7) is 1.40. The van der Waals surface area contributed by atoms with Crippen molar-refractivity contribution in [3.05, 3.63) is 62.9 Å². The second-order valence-corrected chi connectivity index (χ2v) is 6.40. The van der Waals surface area contributed by atoms with Gasteiger partial charge in [-0.05, 0) is 29.8 Å². The molecule has 1 atom stereocenters. The minimum atomic E-state index is -0.241. The van der Waals surface area contributed by atoms with Crippen molar-refractivity contribution < 1.29 is 9.53 Å². The molecular weight excluding hydrogens is 359 g/mol. The molecule has 0 saturated carbocycles. The van der Waals surface area contributed by atoms with Crippen molar-refractivity contribution in [1.29, 1.82) is 0 Å². The molecule has 23 heavy (non-hydrogen) atoms. The van der Waals surface area contributed by atoms with Crippen molar-refractivity contribution >= 4 is 40.7 Å². The summed E-state index contributed by atoms with van der Waals surface area (Å²) in [5.41, 5.74) is 1.25. The molecule has 0 bridgehead atoms. The van der Waals surface area contributed by atoms with Gasteiger partial charge in [0.15, 0.2) is 0 Å². The SMILES string of the molecule is O=C(c1ccc(Cl)cn1)N1CCO[C@@H](c2ccc(Cl)c(Cl)c2)C1. The number of carbonyl (C=O) groups is 1. The van der Waals surface area contributed by atoms with Gasteiger partial charge in [-0.3, -0.25) is 4.79 Å². The first-order valence-electron chi connectivity index (χ1n) is 7.02. The van der Waals surface area contributed by atoms with Gasteiger partial charge in [-0.2, -0.15) is 0 Å². The van der Waals surface area contributed by atoms with E-state index >= 15 is 0 Å². The second-order valence-electron chi connectivity index (χ2n) is 5.15. The van der Waals surface area contributed by atoms with Crippen LogP contribution in [-0.4, -0.2) is 35.5 Å². The largest absolute Gasteiger partial charge is 0.370 e. The van der Waals surface area contributed by atoms with Crippen LogP contribution in [0, 0.1) is 0 Å². The molecule has 4 nitrogen and oxygen atoms in total. The number of benzene rings is 1. The number of rotatable bonds is 2. The fourth-order valence-corrected chi connectivity index (χ4v) is 2.83. The van der Waals surface area contributed by atoms with Crippen molar-refractivity contribution in [3.63, 3.8) is 0 Å². The van der Waals surface area contributed by atoms with Gasteiger partial charge in [0.25, 0.3) is 5.91 Å². The third-order valence-corrected chi connectivity index (χ3v) is 4.58. The van der Waals surface area contributed by atoms with Gasteiger partial charge in [-0.15, -0.1) is 0 Å². The smallest absolute Gasteiger partial charge is 0.272 e. The maximum atomic E-state index is 12.5. The van der Waals surface area contributed by atoms with Crippen LogP contribution < -0.4 is 0 Å². The van der Waals surface area contributed by atoms with Crippen LogP contribution in [0.25, 0.3) is 0 Å². The number of aromatic nitrogens is 1. The Labute approximate surface area is 148 Å². The summed E-state index contributed by atoms with van der Waals surface area (Å²) in [7, 11) is 0. The molecule has 0 radical (unpaired) electrons. The maximum absolute atomic E-state index is 12.5. The highest BCUT2D eigenvalue weighted by Crippen LogP contribution is 2.29. The van der Waals surface area contributed by atoms with Crippen LogP contribution in [0.2, 0.25) is 15.1 Å². The van der Waals surface area contributed by atoms with Crippen LogP contribution in [0.5, 0.6) is 0 Å². The molecule has 1 aromatic carbocycles. The van der Waals surface area contributed by atoms with Crippen LogP contribution in [0.15, 0.2) is 36.5 Å². The predicted octanol–water partition coefficient (Wildman–Crippen LogP) is 4.26. The summed E-state index contributed by atoms with van der Waals surface area (Å²) in [6.07, 6.45) is 1.22. The van der Waals surface area contributed by atoms with Gasteiger partial charge in [-0.25, -0.2) is 4.98 Å². The molecule has 0 spiro atoms. The number of hydrogen-bond donors (Lipinski definition) is 0. The molecule has 7 heteroatoms. The van der Waals surface area contributed by atoms with E-state index in [9.17, 15) is 4.79 Å². The molecule has 2 heterocycles. The molecule has 3 rings (SSSR count). The van der Waals surface area contributed by atoms with E-state index in [2.05, 4.69) is 4.98 Å². The Morgan fingerprint density at radius 3 is 2.70 bits per heavy atom. The average molecular weight is 372 g/mol. The highest BCUT2D eigenvalue weighted by atomic mass is 35.5. The Bertz CT molecular complexity index is 722. The topological polar surface area (TPSA) is 42.4 Å². The number of amides is 1. The van der Waals surface area contributed by atoms with Crippen LogP contribution >= 0.6 is 34.8 Å². The van der Waals surface area contributed by atoms with E-state index in [0.717, 1.165) is 5.56 Å². The van der Waals surface area contributed by atoms with Crippen molar-refractivity contribution in [2.45, 2.75) is 6.10 Å². The molecule has 1 aliphatic heterocycles. The van der Waals surface area contributed by atoms with Gasteiger partial charge in [0.2, 0.25) is 0 Å². The standard InChI is InChI=1S/C16H13Cl3N2O2/c17-11-2-4-14(20-8-11)16(22)21-5-6-23-15(9-21)10-1-3-12(18)13(19)7-10/h1-4,7-8,15H,5-6,9H2/t15-/m1/s1. The first-order chi connectivity index (χ1) is 11.0. The number of carbonyl (C=O) groups excluding carboxylic acids is 1. The van der Waals surface area contributed by atoms with Crippen molar-refractivity contribution in [1.82, 2.24) is 9.88 Å². The monoisotopic (exact) mass is 370 g/mol. The number of ether oxygens (including phenoxy) is 1. The number of hydrogen-bond acceptors (Lipinski definition) is 3. The van der Waals surface area contributed by atoms with Crippen LogP contribution in [0.4, 0.5) is 0 Å². The maximum Gasteiger partial charge on any atom is 0.272 e. The molecule has 120 valence electrons. The number of halogens is 3. The summed E-state index contributed by atoms with van der Waals surface area (Å²) in [4.78, 5) is 18.3.